The number of hydrogen-bond acceptors (Lipinski definition) is 3. The van der Waals surface area contributed by atoms with Crippen molar-refractivity contribution in [3.63, 3.8) is 0 Å². The van der Waals surface area contributed by atoms with E-state index < -0.39 is 5.54 Å². The number of hydrogen-bond donors (Lipinski definition) is 2. The van der Waals surface area contributed by atoms with Crippen LogP contribution in [0.3, 0.4) is 0 Å². The van der Waals surface area contributed by atoms with Gasteiger partial charge in [-0.15, -0.1) is 0 Å². The van der Waals surface area contributed by atoms with Gasteiger partial charge in [0.1, 0.15) is 0 Å². The lowest BCUT2D eigenvalue weighted by Gasteiger charge is -2.23. The van der Waals surface area contributed by atoms with Crippen LogP contribution in [-0.4, -0.2) is 28.9 Å². The molecule has 0 radical (unpaired) electrons. The van der Waals surface area contributed by atoms with Crippen molar-refractivity contribution in [2.24, 2.45) is 5.92 Å². The first-order valence-corrected chi connectivity index (χ1v) is 7.77. The summed E-state index contributed by atoms with van der Waals surface area (Å²) in [5.41, 5.74) is 1.20. The highest BCUT2D eigenvalue weighted by molar-refractivity contribution is 5.98. The number of nitrogens with one attached hydrogen (secondary N) is 1. The van der Waals surface area contributed by atoms with Crippen molar-refractivity contribution in [1.82, 2.24) is 5.32 Å². The summed E-state index contributed by atoms with van der Waals surface area (Å²) in [5, 5.41) is 11.8. The van der Waals surface area contributed by atoms with Crippen LogP contribution in [0.2, 0.25) is 0 Å². The Morgan fingerprint density at radius 1 is 1.14 bits per heavy atom. The molecular weight excluding hydrogens is 278 g/mol. The normalized spacial score (nSPS) is 11.5. The highest BCUT2D eigenvalue weighted by atomic mass is 16.3. The van der Waals surface area contributed by atoms with Gasteiger partial charge >= 0.3 is 0 Å². The molecule has 0 saturated heterocycles. The molecule has 1 amide bonds. The van der Waals surface area contributed by atoms with Crippen LogP contribution in [0.5, 0.6) is 0 Å². The first-order chi connectivity index (χ1) is 10.2. The number of Topliss-reactive ketones (excluding diaryl/α,β-unsaturated/α-hetero) is 1. The second-order valence-electron chi connectivity index (χ2n) is 6.81. The zero-order valence-corrected chi connectivity index (χ0v) is 14.0. The Kier molecular flexibility index (Phi) is 6.75. The monoisotopic (exact) mass is 305 g/mol. The van der Waals surface area contributed by atoms with Crippen LogP contribution in [0.15, 0.2) is 24.3 Å². The molecule has 22 heavy (non-hydrogen) atoms. The molecule has 0 aliphatic carbocycles. The molecular formula is C18H27NO3. The van der Waals surface area contributed by atoms with Gasteiger partial charge < -0.3 is 10.4 Å². The van der Waals surface area contributed by atoms with Gasteiger partial charge in [0.15, 0.2) is 5.78 Å². The van der Waals surface area contributed by atoms with Crippen LogP contribution < -0.4 is 5.32 Å². The van der Waals surface area contributed by atoms with Crippen molar-refractivity contribution < 1.29 is 14.7 Å². The molecule has 0 aromatic heterocycles. The minimum Gasteiger partial charge on any atom is -0.394 e. The van der Waals surface area contributed by atoms with Gasteiger partial charge in [-0.3, -0.25) is 9.59 Å². The molecule has 0 heterocycles. The lowest BCUT2D eigenvalue weighted by atomic mass is 9.99. The van der Waals surface area contributed by atoms with E-state index in [-0.39, 0.29) is 31.1 Å². The molecule has 0 atom stereocenters. The van der Waals surface area contributed by atoms with Gasteiger partial charge in [0.25, 0.3) is 0 Å². The molecule has 1 aromatic rings. The summed E-state index contributed by atoms with van der Waals surface area (Å²) < 4.78 is 0. The molecule has 2 N–H and O–H groups in total. The predicted molar refractivity (Wildman–Crippen MR) is 87.9 cm³/mol. The fourth-order valence-electron chi connectivity index (χ4n) is 2.15. The quantitative estimate of drug-likeness (QED) is 0.726. The summed E-state index contributed by atoms with van der Waals surface area (Å²) >= 11 is 0. The maximum absolute atomic E-state index is 12.1. The molecule has 0 spiro atoms. The standard InChI is InChI=1S/C18H27NO3/c1-13(2)11-14-5-7-15(8-6-14)16(21)9-10-17(22)19-18(3,4)12-20/h5-8,13,20H,9-12H2,1-4H3,(H,19,22). The highest BCUT2D eigenvalue weighted by Crippen LogP contribution is 2.12. The third-order valence-corrected chi connectivity index (χ3v) is 3.37. The first kappa shape index (κ1) is 18.4. The van der Waals surface area contributed by atoms with E-state index in [0.29, 0.717) is 11.5 Å². The van der Waals surface area contributed by atoms with Gasteiger partial charge in [-0.2, -0.15) is 0 Å². The molecule has 0 aliphatic heterocycles. The summed E-state index contributed by atoms with van der Waals surface area (Å²) in [4.78, 5) is 23.8. The van der Waals surface area contributed by atoms with Crippen LogP contribution >= 0.6 is 0 Å². The molecule has 122 valence electrons. The predicted octanol–water partition coefficient (Wildman–Crippen LogP) is 2.74. The minimum atomic E-state index is -0.654. The maximum atomic E-state index is 12.1. The van der Waals surface area contributed by atoms with E-state index >= 15 is 0 Å². The average Bonchev–Trinajstić information content (AvgIpc) is 2.44. The van der Waals surface area contributed by atoms with Crippen LogP contribution in [0.1, 0.15) is 56.5 Å². The van der Waals surface area contributed by atoms with Crippen molar-refractivity contribution >= 4 is 11.7 Å². The van der Waals surface area contributed by atoms with Gasteiger partial charge in [-0.25, -0.2) is 0 Å². The number of carbonyl (C=O) groups excluding carboxylic acids is 2. The van der Waals surface area contributed by atoms with Gasteiger partial charge in [-0.05, 0) is 31.7 Å². The Morgan fingerprint density at radius 2 is 1.73 bits per heavy atom. The molecule has 0 aliphatic rings. The fraction of sp³-hybridized carbons (Fsp3) is 0.556. The van der Waals surface area contributed by atoms with Crippen LogP contribution in [-0.2, 0) is 11.2 Å². The Labute approximate surface area is 132 Å². The summed E-state index contributed by atoms with van der Waals surface area (Å²) in [5.74, 6) is 0.331. The van der Waals surface area contributed by atoms with Gasteiger partial charge in [0.05, 0.1) is 12.1 Å². The van der Waals surface area contributed by atoms with Gasteiger partial charge in [0, 0.05) is 18.4 Å². The minimum absolute atomic E-state index is 0.0342. The smallest absolute Gasteiger partial charge is 0.220 e. The number of amides is 1. The van der Waals surface area contributed by atoms with Crippen LogP contribution in [0.25, 0.3) is 0 Å². The third-order valence-electron chi connectivity index (χ3n) is 3.37. The Morgan fingerprint density at radius 3 is 2.23 bits per heavy atom. The topological polar surface area (TPSA) is 66.4 Å². The Bertz CT molecular complexity index is 504. The fourth-order valence-corrected chi connectivity index (χ4v) is 2.15. The molecule has 4 nitrogen and oxygen atoms in total. The van der Waals surface area contributed by atoms with Crippen molar-refractivity contribution in [3.8, 4) is 0 Å². The summed E-state index contributed by atoms with van der Waals surface area (Å²) in [7, 11) is 0. The second-order valence-corrected chi connectivity index (χ2v) is 6.81. The van der Waals surface area contributed by atoms with Gasteiger partial charge in [-0.1, -0.05) is 38.1 Å². The van der Waals surface area contributed by atoms with E-state index in [1.165, 1.54) is 5.56 Å². The van der Waals surface area contributed by atoms with E-state index in [4.69, 9.17) is 5.11 Å². The highest BCUT2D eigenvalue weighted by Gasteiger charge is 2.19. The number of aliphatic hydroxyl groups is 1. The molecule has 1 rings (SSSR count). The van der Waals surface area contributed by atoms with E-state index in [2.05, 4.69) is 19.2 Å². The van der Waals surface area contributed by atoms with E-state index in [1.807, 2.05) is 24.3 Å². The largest absolute Gasteiger partial charge is 0.394 e. The van der Waals surface area contributed by atoms with E-state index in [9.17, 15) is 9.59 Å². The molecule has 4 heteroatoms. The van der Waals surface area contributed by atoms with Crippen molar-refractivity contribution in [1.29, 1.82) is 0 Å². The van der Waals surface area contributed by atoms with Crippen LogP contribution in [0.4, 0.5) is 0 Å². The molecule has 0 saturated carbocycles. The molecule has 1 aromatic carbocycles. The summed E-state index contributed by atoms with van der Waals surface area (Å²) in [6, 6.07) is 7.61. The van der Waals surface area contributed by atoms with Crippen LogP contribution in [0, 0.1) is 5.92 Å². The molecule has 0 unspecified atom stereocenters. The van der Waals surface area contributed by atoms with Crippen molar-refractivity contribution in [2.45, 2.75) is 52.5 Å². The SMILES string of the molecule is CC(C)Cc1ccc(C(=O)CCC(=O)NC(C)(C)CO)cc1. The lowest BCUT2D eigenvalue weighted by molar-refractivity contribution is -0.123. The lowest BCUT2D eigenvalue weighted by Crippen LogP contribution is -2.46. The molecule has 0 fully saturated rings. The van der Waals surface area contributed by atoms with Gasteiger partial charge in [0.2, 0.25) is 5.91 Å². The van der Waals surface area contributed by atoms with Crippen molar-refractivity contribution in [3.05, 3.63) is 35.4 Å². The maximum Gasteiger partial charge on any atom is 0.220 e. The summed E-state index contributed by atoms with van der Waals surface area (Å²) in [6.45, 7) is 7.65. The van der Waals surface area contributed by atoms with E-state index in [0.717, 1.165) is 6.42 Å². The number of ketones is 1. The Hall–Kier alpha value is -1.68. The van der Waals surface area contributed by atoms with E-state index in [1.54, 1.807) is 13.8 Å². The summed E-state index contributed by atoms with van der Waals surface area (Å²) in [6.07, 6.45) is 1.31. The Balaban J connectivity index is 2.50. The number of aliphatic hydroxyl groups excluding tert-OH is 1. The zero-order chi connectivity index (χ0) is 16.8. The van der Waals surface area contributed by atoms with Crippen molar-refractivity contribution in [2.75, 3.05) is 6.61 Å². The number of carbonyl (C=O) groups is 2. The number of benzene rings is 1. The number of rotatable bonds is 8. The first-order valence-electron chi connectivity index (χ1n) is 7.77. The molecule has 0 bridgehead atoms. The average molecular weight is 305 g/mol. The second kappa shape index (κ2) is 8.08. The zero-order valence-electron chi connectivity index (χ0n) is 14.0. The third kappa shape index (κ3) is 6.39.